The van der Waals surface area contributed by atoms with Crippen LogP contribution in [0.1, 0.15) is 305 Å². The van der Waals surface area contributed by atoms with Crippen molar-refractivity contribution in [1.82, 2.24) is 0 Å². The van der Waals surface area contributed by atoms with Gasteiger partial charge in [0.25, 0.3) is 0 Å². The fourth-order valence-corrected chi connectivity index (χ4v) is 10.2. The van der Waals surface area contributed by atoms with Crippen molar-refractivity contribution in [2.45, 2.75) is 299 Å². The van der Waals surface area contributed by atoms with Crippen LogP contribution in [0.25, 0.3) is 11.1 Å². The van der Waals surface area contributed by atoms with Crippen LogP contribution in [-0.4, -0.2) is 10.7 Å². The van der Waals surface area contributed by atoms with E-state index in [0.717, 1.165) is 37.7 Å². The van der Waals surface area contributed by atoms with E-state index in [4.69, 9.17) is 0 Å². The Hall–Kier alpha value is -2.66. The maximum absolute atomic E-state index is 10.4. The first-order valence-corrected chi connectivity index (χ1v) is 28.5. The summed E-state index contributed by atoms with van der Waals surface area (Å²) in [7, 11) is 0. The number of hydrogen-bond acceptors (Lipinski definition) is 0. The molecule has 0 amide bonds. The molecule has 2 rings (SSSR count). The maximum Gasteiger partial charge on any atom is 0.303 e. The van der Waals surface area contributed by atoms with Gasteiger partial charge in [-0.15, -0.1) is 4.79 Å². The van der Waals surface area contributed by atoms with E-state index in [1.807, 2.05) is 0 Å². The molecule has 0 heterocycles. The first-order valence-electron chi connectivity index (χ1n) is 28.5. The molecular formula is C62H104N2. The summed E-state index contributed by atoms with van der Waals surface area (Å²) < 4.78 is 0. The third-order valence-corrected chi connectivity index (χ3v) is 14.1. The standard InChI is InChI=1S/C62H104N2/c1-9-17-25-30-32-36-43-56(51-64-63)61(46-38-33-31-26-18-10-2)62(57-47-52(39-22-14-6)59(44-24-16-8)53(48-57)40-23-15-7)58-49-54(41-34-27-19-11-3)60(45-37-29-21-13-5)55(50-58)42-35-28-20-12-4/h47-50H,9-46H2,1-8H3. The van der Waals surface area contributed by atoms with Crippen molar-refractivity contribution >= 4 is 11.4 Å². The molecule has 2 aromatic rings. The van der Waals surface area contributed by atoms with Crippen molar-refractivity contribution in [3.05, 3.63) is 85.5 Å². The van der Waals surface area contributed by atoms with Gasteiger partial charge in [0.2, 0.25) is 0 Å². The van der Waals surface area contributed by atoms with Crippen LogP contribution < -0.4 is 0 Å². The number of aryl methyl sites for hydroxylation is 4. The minimum atomic E-state index is 0.925. The van der Waals surface area contributed by atoms with Gasteiger partial charge in [-0.2, -0.15) is 0 Å². The summed E-state index contributed by atoms with van der Waals surface area (Å²) in [6, 6.07) is 10.7. The molecule has 0 unspecified atom stereocenters. The summed E-state index contributed by atoms with van der Waals surface area (Å²) in [5.41, 5.74) is 27.1. The first-order chi connectivity index (χ1) is 31.5. The van der Waals surface area contributed by atoms with Crippen LogP contribution in [0.4, 0.5) is 0 Å². The second-order valence-electron chi connectivity index (χ2n) is 19.9. The highest BCUT2D eigenvalue weighted by molar-refractivity contribution is 5.88. The lowest BCUT2D eigenvalue weighted by molar-refractivity contribution is 0.00739. The smallest absolute Gasteiger partial charge is 0.303 e. The summed E-state index contributed by atoms with van der Waals surface area (Å²) >= 11 is 0. The molecular weight excluding hydrogens is 773 g/mol. The van der Waals surface area contributed by atoms with Crippen molar-refractivity contribution in [2.75, 3.05) is 0 Å². The van der Waals surface area contributed by atoms with E-state index in [2.05, 4.69) is 90.3 Å². The molecule has 64 heavy (non-hydrogen) atoms. The number of rotatable bonds is 41. The van der Waals surface area contributed by atoms with Gasteiger partial charge in [0, 0.05) is 0 Å². The van der Waals surface area contributed by atoms with Gasteiger partial charge in [0.05, 0.1) is 5.57 Å². The van der Waals surface area contributed by atoms with E-state index in [9.17, 15) is 5.53 Å². The molecule has 2 nitrogen and oxygen atoms in total. The number of unbranched alkanes of at least 4 members (excludes halogenated alkanes) is 22. The number of allylic oxidation sites excluding steroid dienone is 2. The van der Waals surface area contributed by atoms with Crippen molar-refractivity contribution in [3.8, 4) is 0 Å². The molecule has 0 saturated carbocycles. The Morgan fingerprint density at radius 1 is 0.359 bits per heavy atom. The van der Waals surface area contributed by atoms with Gasteiger partial charge < -0.3 is 5.53 Å². The fraction of sp³-hybridized carbons (Fsp3) is 0.742. The second kappa shape index (κ2) is 38.4. The van der Waals surface area contributed by atoms with Crippen molar-refractivity contribution in [1.29, 1.82) is 0 Å². The number of hydrogen-bond donors (Lipinski definition) is 0. The van der Waals surface area contributed by atoms with E-state index in [1.165, 1.54) is 234 Å². The summed E-state index contributed by atoms with van der Waals surface area (Å²) in [6.07, 6.45) is 47.2. The summed E-state index contributed by atoms with van der Waals surface area (Å²) in [6.45, 7) is 18.7. The van der Waals surface area contributed by atoms with Crippen LogP contribution >= 0.6 is 0 Å². The minimum Gasteiger partial charge on any atom is -0.348 e. The molecule has 0 spiro atoms. The molecule has 0 aliphatic carbocycles. The molecule has 0 aromatic heterocycles. The lowest BCUT2D eigenvalue weighted by atomic mass is 9.79. The van der Waals surface area contributed by atoms with Crippen LogP contribution in [0.5, 0.6) is 0 Å². The van der Waals surface area contributed by atoms with Crippen LogP contribution in [-0.2, 0) is 38.5 Å². The van der Waals surface area contributed by atoms with E-state index in [-0.39, 0.29) is 0 Å². The highest BCUT2D eigenvalue weighted by Crippen LogP contribution is 2.40. The Labute approximate surface area is 399 Å². The van der Waals surface area contributed by atoms with E-state index in [0.29, 0.717) is 0 Å². The van der Waals surface area contributed by atoms with Crippen LogP contribution in [0.3, 0.4) is 0 Å². The molecule has 0 N–H and O–H groups in total. The van der Waals surface area contributed by atoms with E-state index in [1.54, 1.807) is 33.4 Å². The predicted molar refractivity (Wildman–Crippen MR) is 286 cm³/mol. The van der Waals surface area contributed by atoms with Crippen LogP contribution in [0.15, 0.2) is 35.4 Å². The number of benzene rings is 2. The first kappa shape index (κ1) is 57.5. The topological polar surface area (TPSA) is 36.4 Å². The molecule has 0 bridgehead atoms. The third-order valence-electron chi connectivity index (χ3n) is 14.1. The van der Waals surface area contributed by atoms with Crippen LogP contribution in [0, 0.1) is 0 Å². The molecule has 0 aliphatic rings. The number of nitrogens with zero attached hydrogens (tertiary/aromatic N) is 2. The van der Waals surface area contributed by atoms with Crippen molar-refractivity contribution in [3.63, 3.8) is 0 Å². The lowest BCUT2D eigenvalue weighted by Gasteiger charge is -2.24. The van der Waals surface area contributed by atoms with Gasteiger partial charge in [-0.05, 0) is 158 Å². The largest absolute Gasteiger partial charge is 0.348 e. The van der Waals surface area contributed by atoms with Gasteiger partial charge in [-0.25, -0.2) is 0 Å². The zero-order valence-corrected chi connectivity index (χ0v) is 44.1. The highest BCUT2D eigenvalue weighted by atomic mass is 14.8. The fourth-order valence-electron chi connectivity index (χ4n) is 10.2. The Kier molecular flexibility index (Phi) is 34.5. The van der Waals surface area contributed by atoms with Gasteiger partial charge in [-0.1, -0.05) is 221 Å². The Bertz CT molecular complexity index is 1550. The maximum atomic E-state index is 10.4. The molecule has 0 aliphatic heterocycles. The molecule has 0 atom stereocenters. The normalized spacial score (nSPS) is 11.8. The summed E-state index contributed by atoms with van der Waals surface area (Å²) in [5, 5.41) is 0. The zero-order chi connectivity index (χ0) is 46.5. The van der Waals surface area contributed by atoms with E-state index < -0.39 is 0 Å². The average molecular weight is 878 g/mol. The SMILES string of the molecule is CCCCCCCCC(=C=[N+]=[N-])C(CCCCCCCC)=C(c1cc(CCCC)c(CCCC)c(CCCC)c1)c1cc(CCCCCC)c(CCCCCC)c(CCCCCC)c1. The van der Waals surface area contributed by atoms with Crippen molar-refractivity contribution < 1.29 is 4.79 Å². The molecule has 0 saturated heterocycles. The van der Waals surface area contributed by atoms with Crippen LogP contribution in [0.2, 0.25) is 0 Å². The summed E-state index contributed by atoms with van der Waals surface area (Å²) in [5.74, 6) is 3.32. The van der Waals surface area contributed by atoms with Gasteiger partial charge in [0.1, 0.15) is 0 Å². The van der Waals surface area contributed by atoms with E-state index >= 15 is 0 Å². The second-order valence-corrected chi connectivity index (χ2v) is 19.9. The van der Waals surface area contributed by atoms with Gasteiger partial charge in [-0.3, -0.25) is 0 Å². The van der Waals surface area contributed by atoms with Crippen molar-refractivity contribution in [2.24, 2.45) is 0 Å². The summed E-state index contributed by atoms with van der Waals surface area (Å²) in [4.78, 5) is 3.78. The third kappa shape index (κ3) is 22.7. The molecule has 2 aromatic carbocycles. The lowest BCUT2D eigenvalue weighted by Crippen LogP contribution is -2.09. The predicted octanol–water partition coefficient (Wildman–Crippen LogP) is 20.2. The Morgan fingerprint density at radius 2 is 0.656 bits per heavy atom. The Balaban J connectivity index is 3.22. The minimum absolute atomic E-state index is 0.925. The zero-order valence-electron chi connectivity index (χ0n) is 44.1. The van der Waals surface area contributed by atoms with Gasteiger partial charge >= 0.3 is 5.87 Å². The molecule has 0 radical (unpaired) electrons. The molecule has 0 fully saturated rings. The highest BCUT2D eigenvalue weighted by Gasteiger charge is 2.23. The Morgan fingerprint density at radius 3 is 1.05 bits per heavy atom. The van der Waals surface area contributed by atoms with Gasteiger partial charge in [0.15, 0.2) is 0 Å². The quantitative estimate of drug-likeness (QED) is 0.0210. The molecule has 2 heteroatoms. The molecule has 362 valence electrons. The average Bonchev–Trinajstić information content (AvgIpc) is 3.30. The monoisotopic (exact) mass is 877 g/mol.